The molecule has 0 spiro atoms. The molecule has 5 nitrogen and oxygen atoms in total. The lowest BCUT2D eigenvalue weighted by molar-refractivity contribution is -0.132. The molecule has 0 radical (unpaired) electrons. The number of nitrogens with zero attached hydrogens (tertiary/aromatic N) is 2. The lowest BCUT2D eigenvalue weighted by Crippen LogP contribution is -2.47. The first-order valence-corrected chi connectivity index (χ1v) is 10.3. The van der Waals surface area contributed by atoms with Crippen LogP contribution in [-0.4, -0.2) is 60.9 Å². The molecule has 0 aromatic carbocycles. The second-order valence-electron chi connectivity index (χ2n) is 7.29. The highest BCUT2D eigenvalue weighted by Gasteiger charge is 2.27. The smallest absolute Gasteiger partial charge is 0.223 e. The first-order valence-electron chi connectivity index (χ1n) is 9.39. The van der Waals surface area contributed by atoms with Crippen molar-refractivity contribution in [1.82, 2.24) is 9.80 Å². The van der Waals surface area contributed by atoms with Gasteiger partial charge in [-0.2, -0.15) is 0 Å². The van der Waals surface area contributed by atoms with Gasteiger partial charge in [-0.05, 0) is 25.0 Å². The molecule has 1 amide bonds. The van der Waals surface area contributed by atoms with Gasteiger partial charge in [0.25, 0.3) is 0 Å². The summed E-state index contributed by atoms with van der Waals surface area (Å²) in [4.78, 5) is 16.0. The van der Waals surface area contributed by atoms with Crippen LogP contribution in [0.1, 0.15) is 44.3 Å². The predicted molar refractivity (Wildman–Crippen MR) is 99.8 cm³/mol. The predicted octanol–water partition coefficient (Wildman–Crippen LogP) is 3.38. The first kappa shape index (κ1) is 18.8. The summed E-state index contributed by atoms with van der Waals surface area (Å²) in [6, 6.07) is 4.32. The largest absolute Gasteiger partial charge is 0.454 e. The molecule has 140 valence electrons. The summed E-state index contributed by atoms with van der Waals surface area (Å²) < 4.78 is 11.7. The Morgan fingerprint density at radius 1 is 1.28 bits per heavy atom. The van der Waals surface area contributed by atoms with Gasteiger partial charge in [0.05, 0.1) is 19.8 Å². The maximum Gasteiger partial charge on any atom is 0.223 e. The van der Waals surface area contributed by atoms with Crippen molar-refractivity contribution < 1.29 is 13.9 Å². The number of rotatable bonds is 6. The zero-order chi connectivity index (χ0) is 17.6. The van der Waals surface area contributed by atoms with Gasteiger partial charge in [-0.15, -0.1) is 0 Å². The van der Waals surface area contributed by atoms with Crippen molar-refractivity contribution in [2.75, 3.05) is 33.9 Å². The SMILES string of the molecule is CN(C)C(=O)C[C@H]1COCCN1Cc1ccc(SC2CCCCC2)o1. The van der Waals surface area contributed by atoms with Crippen LogP contribution in [0.25, 0.3) is 0 Å². The minimum absolute atomic E-state index is 0.128. The van der Waals surface area contributed by atoms with Gasteiger partial charge < -0.3 is 14.1 Å². The molecule has 1 saturated carbocycles. The number of amides is 1. The highest BCUT2D eigenvalue weighted by molar-refractivity contribution is 7.99. The quantitative estimate of drug-likeness (QED) is 0.772. The molecule has 2 heterocycles. The number of carbonyl (C=O) groups is 1. The summed E-state index contributed by atoms with van der Waals surface area (Å²) in [6.45, 7) is 2.93. The summed E-state index contributed by atoms with van der Waals surface area (Å²) in [6.07, 6.45) is 7.18. The Labute approximate surface area is 155 Å². The molecule has 1 aliphatic carbocycles. The lowest BCUT2D eigenvalue weighted by atomic mass is 10.0. The van der Waals surface area contributed by atoms with Gasteiger partial charge in [-0.25, -0.2) is 0 Å². The third kappa shape index (κ3) is 5.50. The van der Waals surface area contributed by atoms with Crippen LogP contribution < -0.4 is 0 Å². The minimum atomic E-state index is 0.128. The Bertz CT molecular complexity index is 555. The summed E-state index contributed by atoms with van der Waals surface area (Å²) >= 11 is 1.89. The van der Waals surface area contributed by atoms with Crippen LogP contribution in [-0.2, 0) is 16.1 Å². The van der Waals surface area contributed by atoms with Crippen molar-refractivity contribution >= 4 is 17.7 Å². The Balaban J connectivity index is 1.55. The molecule has 0 bridgehead atoms. The van der Waals surface area contributed by atoms with Gasteiger partial charge in [0.2, 0.25) is 5.91 Å². The van der Waals surface area contributed by atoms with Gasteiger partial charge in [-0.3, -0.25) is 9.69 Å². The van der Waals surface area contributed by atoms with Crippen LogP contribution >= 0.6 is 11.8 Å². The van der Waals surface area contributed by atoms with Crippen molar-refractivity contribution in [2.24, 2.45) is 0 Å². The Hall–Kier alpha value is -0.980. The molecule has 0 unspecified atom stereocenters. The number of hydrogen-bond acceptors (Lipinski definition) is 5. The number of carbonyl (C=O) groups excluding carboxylic acids is 1. The topological polar surface area (TPSA) is 45.9 Å². The zero-order valence-corrected chi connectivity index (χ0v) is 16.2. The number of furan rings is 1. The van der Waals surface area contributed by atoms with Crippen LogP contribution in [0.2, 0.25) is 0 Å². The van der Waals surface area contributed by atoms with Gasteiger partial charge in [0.15, 0.2) is 5.09 Å². The molecule has 1 saturated heterocycles. The maximum absolute atomic E-state index is 12.1. The molecule has 3 rings (SSSR count). The number of hydrogen-bond donors (Lipinski definition) is 0. The highest BCUT2D eigenvalue weighted by Crippen LogP contribution is 2.34. The molecule has 1 aromatic heterocycles. The molecule has 1 atom stereocenters. The normalized spacial score (nSPS) is 22.9. The van der Waals surface area contributed by atoms with Crippen LogP contribution in [0.15, 0.2) is 21.6 Å². The van der Waals surface area contributed by atoms with Crippen LogP contribution in [0, 0.1) is 0 Å². The Morgan fingerprint density at radius 3 is 2.84 bits per heavy atom. The van der Waals surface area contributed by atoms with Crippen molar-refractivity contribution in [3.63, 3.8) is 0 Å². The van der Waals surface area contributed by atoms with Gasteiger partial charge in [-0.1, -0.05) is 31.0 Å². The first-order chi connectivity index (χ1) is 12.1. The van der Waals surface area contributed by atoms with E-state index in [0.29, 0.717) is 18.3 Å². The maximum atomic E-state index is 12.1. The fraction of sp³-hybridized carbons (Fsp3) is 0.737. The van der Waals surface area contributed by atoms with E-state index in [1.807, 2.05) is 11.8 Å². The van der Waals surface area contributed by atoms with Crippen LogP contribution in [0.4, 0.5) is 0 Å². The summed E-state index contributed by atoms with van der Waals surface area (Å²) in [5.41, 5.74) is 0. The number of morpholine rings is 1. The summed E-state index contributed by atoms with van der Waals surface area (Å²) in [5, 5.41) is 1.75. The fourth-order valence-corrected chi connectivity index (χ4v) is 4.72. The second kappa shape index (κ2) is 9.10. The fourth-order valence-electron chi connectivity index (χ4n) is 3.52. The molecule has 1 aliphatic heterocycles. The van der Waals surface area contributed by atoms with E-state index in [0.717, 1.165) is 30.5 Å². The molecule has 25 heavy (non-hydrogen) atoms. The van der Waals surface area contributed by atoms with E-state index in [1.165, 1.54) is 32.1 Å². The monoisotopic (exact) mass is 366 g/mol. The van der Waals surface area contributed by atoms with E-state index in [2.05, 4.69) is 17.0 Å². The minimum Gasteiger partial charge on any atom is -0.454 e. The van der Waals surface area contributed by atoms with Crippen molar-refractivity contribution in [3.05, 3.63) is 17.9 Å². The molecular weight excluding hydrogens is 336 g/mol. The Morgan fingerprint density at radius 2 is 2.08 bits per heavy atom. The van der Waals surface area contributed by atoms with Crippen LogP contribution in [0.5, 0.6) is 0 Å². The standard InChI is InChI=1S/C19H30N2O3S/c1-20(2)18(22)12-15-14-23-11-10-21(15)13-16-8-9-19(24-16)25-17-6-4-3-5-7-17/h8-9,15,17H,3-7,10-14H2,1-2H3/t15-/m0/s1. The van der Waals surface area contributed by atoms with Gasteiger partial charge >= 0.3 is 0 Å². The molecular formula is C19H30N2O3S. The molecule has 1 aromatic rings. The second-order valence-corrected chi connectivity index (χ2v) is 8.59. The zero-order valence-electron chi connectivity index (χ0n) is 15.4. The summed E-state index contributed by atoms with van der Waals surface area (Å²) in [5.74, 6) is 1.14. The van der Waals surface area contributed by atoms with Gasteiger partial charge in [0, 0.05) is 38.4 Å². The molecule has 6 heteroatoms. The highest BCUT2D eigenvalue weighted by atomic mass is 32.2. The van der Waals surface area contributed by atoms with Crippen LogP contribution in [0.3, 0.4) is 0 Å². The van der Waals surface area contributed by atoms with Crippen molar-refractivity contribution in [3.8, 4) is 0 Å². The van der Waals surface area contributed by atoms with E-state index in [4.69, 9.17) is 9.15 Å². The van der Waals surface area contributed by atoms with Crippen molar-refractivity contribution in [1.29, 1.82) is 0 Å². The third-order valence-corrected chi connectivity index (χ3v) is 6.35. The van der Waals surface area contributed by atoms with Crippen molar-refractivity contribution in [2.45, 2.75) is 61.5 Å². The lowest BCUT2D eigenvalue weighted by Gasteiger charge is -2.35. The Kier molecular flexibility index (Phi) is 6.84. The summed E-state index contributed by atoms with van der Waals surface area (Å²) in [7, 11) is 3.61. The van der Waals surface area contributed by atoms with E-state index in [1.54, 1.807) is 19.0 Å². The van der Waals surface area contributed by atoms with E-state index >= 15 is 0 Å². The van der Waals surface area contributed by atoms with E-state index < -0.39 is 0 Å². The van der Waals surface area contributed by atoms with E-state index in [9.17, 15) is 4.79 Å². The van der Waals surface area contributed by atoms with E-state index in [-0.39, 0.29) is 11.9 Å². The van der Waals surface area contributed by atoms with Gasteiger partial charge in [0.1, 0.15) is 5.76 Å². The molecule has 0 N–H and O–H groups in total. The average molecular weight is 367 g/mol. The molecule has 2 fully saturated rings. The number of thioether (sulfide) groups is 1. The third-order valence-electron chi connectivity index (χ3n) is 5.09. The molecule has 2 aliphatic rings. The average Bonchev–Trinajstić information content (AvgIpc) is 3.04. The number of ether oxygens (including phenoxy) is 1.